The monoisotopic (exact) mass is 331 g/mol. The van der Waals surface area contributed by atoms with Gasteiger partial charge in [-0.05, 0) is 42.8 Å². The van der Waals surface area contributed by atoms with Crippen molar-refractivity contribution in [3.05, 3.63) is 53.5 Å². The second-order valence-corrected chi connectivity index (χ2v) is 5.16. The van der Waals surface area contributed by atoms with Crippen LogP contribution in [0.3, 0.4) is 0 Å². The molecule has 6 nitrogen and oxygen atoms in total. The molecular weight excluding hydrogens is 310 g/mol. The number of ether oxygens (including phenoxy) is 2. The van der Waals surface area contributed by atoms with Crippen LogP contribution in [0, 0.1) is 6.92 Å². The number of benzene rings is 1. The summed E-state index contributed by atoms with van der Waals surface area (Å²) in [6.45, 7) is 1.86. The van der Waals surface area contributed by atoms with Crippen molar-refractivity contribution in [1.82, 2.24) is 5.32 Å². The Bertz CT molecular complexity index is 720. The van der Waals surface area contributed by atoms with Crippen LogP contribution in [0.25, 0.3) is 6.08 Å². The van der Waals surface area contributed by atoms with E-state index in [0.717, 1.165) is 5.56 Å². The van der Waals surface area contributed by atoms with Gasteiger partial charge in [0.25, 0.3) is 0 Å². The van der Waals surface area contributed by atoms with Crippen LogP contribution in [0.4, 0.5) is 0 Å². The van der Waals surface area contributed by atoms with Gasteiger partial charge < -0.3 is 24.3 Å². The van der Waals surface area contributed by atoms with Crippen LogP contribution in [0.2, 0.25) is 0 Å². The van der Waals surface area contributed by atoms with Crippen molar-refractivity contribution in [2.75, 3.05) is 20.8 Å². The van der Waals surface area contributed by atoms with Gasteiger partial charge in [0.15, 0.2) is 11.5 Å². The molecule has 2 aromatic rings. The highest BCUT2D eigenvalue weighted by Gasteiger charge is 2.12. The van der Waals surface area contributed by atoms with E-state index in [9.17, 15) is 9.90 Å². The minimum Gasteiger partial charge on any atom is -0.493 e. The van der Waals surface area contributed by atoms with Crippen molar-refractivity contribution < 1.29 is 23.8 Å². The van der Waals surface area contributed by atoms with E-state index in [4.69, 9.17) is 13.9 Å². The molecular formula is C18H21NO5. The minimum absolute atomic E-state index is 0.0715. The molecule has 1 heterocycles. The van der Waals surface area contributed by atoms with Crippen molar-refractivity contribution in [3.8, 4) is 11.5 Å². The molecule has 0 aliphatic heterocycles. The number of aryl methyl sites for hydroxylation is 1. The number of hydrogen-bond acceptors (Lipinski definition) is 5. The summed E-state index contributed by atoms with van der Waals surface area (Å²) in [5.74, 6) is 2.03. The second kappa shape index (κ2) is 8.21. The lowest BCUT2D eigenvalue weighted by atomic mass is 10.2. The molecule has 1 aromatic carbocycles. The first-order valence-corrected chi connectivity index (χ1v) is 7.46. The molecule has 2 rings (SSSR count). The summed E-state index contributed by atoms with van der Waals surface area (Å²) < 4.78 is 15.7. The summed E-state index contributed by atoms with van der Waals surface area (Å²) >= 11 is 0. The Kier molecular flexibility index (Phi) is 6.03. The third kappa shape index (κ3) is 4.63. The average Bonchev–Trinajstić information content (AvgIpc) is 3.04. The SMILES string of the molecule is COc1ccc(/C=C/C(=O)NCC(O)c2ccc(C)o2)cc1OC. The zero-order chi connectivity index (χ0) is 17.5. The summed E-state index contributed by atoms with van der Waals surface area (Å²) in [6.07, 6.45) is 2.17. The maximum absolute atomic E-state index is 11.8. The molecule has 2 N–H and O–H groups in total. The number of amides is 1. The quantitative estimate of drug-likeness (QED) is 0.762. The van der Waals surface area contributed by atoms with Crippen molar-refractivity contribution in [2.45, 2.75) is 13.0 Å². The van der Waals surface area contributed by atoms with E-state index in [-0.39, 0.29) is 12.5 Å². The smallest absolute Gasteiger partial charge is 0.244 e. The molecule has 0 bridgehead atoms. The van der Waals surface area contributed by atoms with E-state index < -0.39 is 6.10 Å². The van der Waals surface area contributed by atoms with Crippen molar-refractivity contribution in [2.24, 2.45) is 0 Å². The van der Waals surface area contributed by atoms with Gasteiger partial charge in [0.1, 0.15) is 17.6 Å². The highest BCUT2D eigenvalue weighted by atomic mass is 16.5. The van der Waals surface area contributed by atoms with Gasteiger partial charge in [-0.15, -0.1) is 0 Å². The molecule has 0 aliphatic rings. The Morgan fingerprint density at radius 2 is 2.00 bits per heavy atom. The molecule has 1 atom stereocenters. The number of furan rings is 1. The lowest BCUT2D eigenvalue weighted by Crippen LogP contribution is -2.26. The molecule has 1 aromatic heterocycles. The highest BCUT2D eigenvalue weighted by molar-refractivity contribution is 5.91. The molecule has 128 valence electrons. The van der Waals surface area contributed by atoms with Gasteiger partial charge in [0.2, 0.25) is 5.91 Å². The number of nitrogens with one attached hydrogen (secondary N) is 1. The molecule has 0 fully saturated rings. The van der Waals surface area contributed by atoms with Gasteiger partial charge in [-0.25, -0.2) is 0 Å². The largest absolute Gasteiger partial charge is 0.493 e. The molecule has 24 heavy (non-hydrogen) atoms. The fraction of sp³-hybridized carbons (Fsp3) is 0.278. The fourth-order valence-electron chi connectivity index (χ4n) is 2.12. The van der Waals surface area contributed by atoms with E-state index >= 15 is 0 Å². The molecule has 1 amide bonds. The number of carbonyl (C=O) groups excluding carboxylic acids is 1. The third-order valence-corrected chi connectivity index (χ3v) is 3.39. The molecule has 0 saturated carbocycles. The lowest BCUT2D eigenvalue weighted by molar-refractivity contribution is -0.116. The van der Waals surface area contributed by atoms with Gasteiger partial charge >= 0.3 is 0 Å². The van der Waals surface area contributed by atoms with E-state index in [1.165, 1.54) is 6.08 Å². The number of rotatable bonds is 7. The fourth-order valence-corrected chi connectivity index (χ4v) is 2.12. The van der Waals surface area contributed by atoms with Crippen LogP contribution in [-0.2, 0) is 4.79 Å². The standard InChI is InChI=1S/C18H21NO5/c1-12-4-7-15(24-12)14(20)11-19-18(21)9-6-13-5-8-16(22-2)17(10-13)23-3/h4-10,14,20H,11H2,1-3H3,(H,19,21)/b9-6+. The molecule has 1 unspecified atom stereocenters. The maximum Gasteiger partial charge on any atom is 0.244 e. The van der Waals surface area contributed by atoms with Gasteiger partial charge in [-0.2, -0.15) is 0 Å². The number of methoxy groups -OCH3 is 2. The van der Waals surface area contributed by atoms with Crippen molar-refractivity contribution >= 4 is 12.0 Å². The number of hydrogen-bond donors (Lipinski definition) is 2. The van der Waals surface area contributed by atoms with Crippen LogP contribution < -0.4 is 14.8 Å². The summed E-state index contributed by atoms with van der Waals surface area (Å²) in [5.41, 5.74) is 0.796. The summed E-state index contributed by atoms with van der Waals surface area (Å²) in [4.78, 5) is 11.8. The zero-order valence-electron chi connectivity index (χ0n) is 13.9. The zero-order valence-corrected chi connectivity index (χ0v) is 13.9. The number of aliphatic hydroxyl groups is 1. The Hall–Kier alpha value is -2.73. The Morgan fingerprint density at radius 1 is 1.25 bits per heavy atom. The number of carbonyl (C=O) groups is 1. The molecule has 6 heteroatoms. The van der Waals surface area contributed by atoms with Crippen LogP contribution in [0.15, 0.2) is 40.8 Å². The first-order valence-electron chi connectivity index (χ1n) is 7.46. The topological polar surface area (TPSA) is 80.9 Å². The van der Waals surface area contributed by atoms with Gasteiger partial charge in [-0.1, -0.05) is 6.07 Å². The van der Waals surface area contributed by atoms with E-state index in [1.807, 2.05) is 6.07 Å². The second-order valence-electron chi connectivity index (χ2n) is 5.16. The Morgan fingerprint density at radius 3 is 2.62 bits per heavy atom. The van der Waals surface area contributed by atoms with Crippen molar-refractivity contribution in [1.29, 1.82) is 0 Å². The Labute approximate surface area is 140 Å². The first kappa shape index (κ1) is 17.6. The predicted molar refractivity (Wildman–Crippen MR) is 90.0 cm³/mol. The molecule has 0 spiro atoms. The van der Waals surface area contributed by atoms with E-state index in [0.29, 0.717) is 23.0 Å². The van der Waals surface area contributed by atoms with Gasteiger partial charge in [-0.3, -0.25) is 4.79 Å². The first-order chi connectivity index (χ1) is 11.5. The summed E-state index contributed by atoms with van der Waals surface area (Å²) in [5, 5.41) is 12.6. The summed E-state index contributed by atoms with van der Waals surface area (Å²) in [6, 6.07) is 8.79. The normalized spacial score (nSPS) is 12.2. The Balaban J connectivity index is 1.91. The third-order valence-electron chi connectivity index (χ3n) is 3.39. The molecule has 0 aliphatic carbocycles. The predicted octanol–water partition coefficient (Wildman–Crippen LogP) is 2.47. The number of aliphatic hydroxyl groups excluding tert-OH is 1. The average molecular weight is 331 g/mol. The van der Waals surface area contributed by atoms with Crippen LogP contribution in [0.1, 0.15) is 23.2 Å². The summed E-state index contributed by atoms with van der Waals surface area (Å²) in [7, 11) is 3.11. The van der Waals surface area contributed by atoms with Gasteiger partial charge in [0, 0.05) is 6.08 Å². The molecule has 0 saturated heterocycles. The minimum atomic E-state index is -0.878. The highest BCUT2D eigenvalue weighted by Crippen LogP contribution is 2.27. The maximum atomic E-state index is 11.8. The van der Waals surface area contributed by atoms with E-state index in [1.54, 1.807) is 51.5 Å². The lowest BCUT2D eigenvalue weighted by Gasteiger charge is -2.08. The van der Waals surface area contributed by atoms with E-state index in [2.05, 4.69) is 5.32 Å². The van der Waals surface area contributed by atoms with Crippen LogP contribution in [0.5, 0.6) is 11.5 Å². The van der Waals surface area contributed by atoms with Crippen LogP contribution in [-0.4, -0.2) is 31.8 Å². The van der Waals surface area contributed by atoms with Crippen molar-refractivity contribution in [3.63, 3.8) is 0 Å². The van der Waals surface area contributed by atoms with Gasteiger partial charge in [0.05, 0.1) is 20.8 Å². The molecule has 0 radical (unpaired) electrons. The van der Waals surface area contributed by atoms with Crippen LogP contribution >= 0.6 is 0 Å².